The molecule has 0 spiro atoms. The van der Waals surface area contributed by atoms with Crippen LogP contribution in [-0.2, 0) is 4.74 Å². The molecule has 1 aliphatic heterocycles. The van der Waals surface area contributed by atoms with Gasteiger partial charge in [0.25, 0.3) is 5.91 Å². The third-order valence-electron chi connectivity index (χ3n) is 5.67. The lowest BCUT2D eigenvalue weighted by atomic mass is 10.1. The monoisotopic (exact) mass is 514 g/mol. The molecule has 0 bridgehead atoms. The van der Waals surface area contributed by atoms with E-state index in [1.54, 1.807) is 11.0 Å². The van der Waals surface area contributed by atoms with E-state index in [1.165, 1.54) is 11.3 Å². The Kier molecular flexibility index (Phi) is 8.35. The first kappa shape index (κ1) is 25.1. The summed E-state index contributed by atoms with van der Waals surface area (Å²) in [6.45, 7) is 6.87. The lowest BCUT2D eigenvalue weighted by Crippen LogP contribution is -2.43. The number of ether oxygens (including phenoxy) is 2. The Hall–Kier alpha value is -2.98. The van der Waals surface area contributed by atoms with Crippen LogP contribution in [0.15, 0.2) is 59.1 Å². The molecule has 2 aromatic carbocycles. The highest BCUT2D eigenvalue weighted by Crippen LogP contribution is 2.32. The fraction of sp³-hybridized carbons (Fsp3) is 0.320. The molecule has 10 heteroatoms. The third kappa shape index (κ3) is 5.82. The first-order chi connectivity index (χ1) is 16.7. The van der Waals surface area contributed by atoms with Crippen molar-refractivity contribution >= 4 is 45.0 Å². The molecule has 0 saturated carbocycles. The summed E-state index contributed by atoms with van der Waals surface area (Å²) in [5.41, 5.74) is 1.96. The summed E-state index contributed by atoms with van der Waals surface area (Å²) in [6, 6.07) is 17.1. The van der Waals surface area contributed by atoms with Crippen molar-refractivity contribution in [3.8, 4) is 17.1 Å². The number of hydrogen-bond acceptors (Lipinski definition) is 8. The predicted molar refractivity (Wildman–Crippen MR) is 139 cm³/mol. The van der Waals surface area contributed by atoms with Gasteiger partial charge in [0.2, 0.25) is 0 Å². The second-order valence-electron chi connectivity index (χ2n) is 7.91. The van der Waals surface area contributed by atoms with Crippen LogP contribution in [0.2, 0.25) is 0 Å². The lowest BCUT2D eigenvalue weighted by molar-refractivity contribution is 0.0391. The smallest absolute Gasteiger partial charge is 0.282 e. The standard InChI is InChI=1S/C25H26N4O4S.ClH/c1-2-32-19-8-9-20-23(16-19)34-25(26-20)29(11-10-28-12-14-31-15-13-28)24(30)21-17-22(33-27-21)18-6-4-3-5-7-18;/h3-9,16-17H,2,10-15H2,1H3;1H. The van der Waals surface area contributed by atoms with E-state index in [2.05, 4.69) is 10.1 Å². The average Bonchev–Trinajstić information content (AvgIpc) is 3.53. The van der Waals surface area contributed by atoms with Crippen molar-refractivity contribution < 1.29 is 18.8 Å². The minimum Gasteiger partial charge on any atom is -0.494 e. The maximum absolute atomic E-state index is 13.6. The van der Waals surface area contributed by atoms with Gasteiger partial charge in [-0.3, -0.25) is 14.6 Å². The Balaban J connectivity index is 0.00000289. The molecular weight excluding hydrogens is 488 g/mol. The van der Waals surface area contributed by atoms with Crippen molar-refractivity contribution in [3.63, 3.8) is 0 Å². The molecule has 1 amide bonds. The summed E-state index contributed by atoms with van der Waals surface area (Å²) in [5, 5.41) is 4.71. The number of amides is 1. The fourth-order valence-corrected chi connectivity index (χ4v) is 4.89. The molecule has 0 unspecified atom stereocenters. The van der Waals surface area contributed by atoms with Crippen LogP contribution in [0.4, 0.5) is 5.13 Å². The third-order valence-corrected chi connectivity index (χ3v) is 6.71. The van der Waals surface area contributed by atoms with Gasteiger partial charge in [0.05, 0.1) is 30.0 Å². The number of rotatable bonds is 8. The molecule has 4 aromatic rings. The van der Waals surface area contributed by atoms with Gasteiger partial charge in [-0.1, -0.05) is 46.8 Å². The van der Waals surface area contributed by atoms with Crippen molar-refractivity contribution in [2.45, 2.75) is 6.92 Å². The molecule has 1 aliphatic rings. The zero-order chi connectivity index (χ0) is 23.3. The molecule has 2 aromatic heterocycles. The number of thiazole rings is 1. The van der Waals surface area contributed by atoms with Crippen LogP contribution < -0.4 is 9.64 Å². The van der Waals surface area contributed by atoms with Crippen molar-refractivity contribution in [3.05, 3.63) is 60.3 Å². The summed E-state index contributed by atoms with van der Waals surface area (Å²) in [5.74, 6) is 1.12. The number of fused-ring (bicyclic) bond motifs is 1. The van der Waals surface area contributed by atoms with E-state index in [0.29, 0.717) is 37.3 Å². The predicted octanol–water partition coefficient (Wildman–Crippen LogP) is 4.75. The van der Waals surface area contributed by atoms with Crippen LogP contribution in [0.3, 0.4) is 0 Å². The van der Waals surface area contributed by atoms with Crippen molar-refractivity contribution in [1.29, 1.82) is 0 Å². The number of carbonyl (C=O) groups excluding carboxylic acids is 1. The van der Waals surface area contributed by atoms with Gasteiger partial charge < -0.3 is 14.0 Å². The van der Waals surface area contributed by atoms with Gasteiger partial charge in [-0.25, -0.2) is 4.98 Å². The molecule has 35 heavy (non-hydrogen) atoms. The van der Waals surface area contributed by atoms with Gasteiger partial charge in [-0.05, 0) is 25.1 Å². The number of halogens is 1. The number of carbonyl (C=O) groups is 1. The van der Waals surface area contributed by atoms with Gasteiger partial charge in [0.1, 0.15) is 5.75 Å². The number of hydrogen-bond donors (Lipinski definition) is 0. The molecule has 1 fully saturated rings. The Morgan fingerprint density at radius 1 is 1.14 bits per heavy atom. The van der Waals surface area contributed by atoms with Gasteiger partial charge in [-0.15, -0.1) is 12.4 Å². The molecule has 0 aliphatic carbocycles. The highest BCUT2D eigenvalue weighted by molar-refractivity contribution is 7.22. The van der Waals surface area contributed by atoms with E-state index in [9.17, 15) is 4.79 Å². The van der Waals surface area contributed by atoms with E-state index in [0.717, 1.165) is 41.2 Å². The average molecular weight is 515 g/mol. The zero-order valence-corrected chi connectivity index (χ0v) is 21.0. The van der Waals surface area contributed by atoms with E-state index in [4.69, 9.17) is 19.0 Å². The molecule has 0 atom stereocenters. The SMILES string of the molecule is CCOc1ccc2nc(N(CCN3CCOCC3)C(=O)c3cc(-c4ccccc4)on3)sc2c1.Cl. The number of nitrogens with zero attached hydrogens (tertiary/aromatic N) is 4. The Bertz CT molecular complexity index is 1260. The molecular formula is C25H27ClN4O4S. The molecule has 8 nitrogen and oxygen atoms in total. The first-order valence-electron chi connectivity index (χ1n) is 11.4. The molecule has 0 radical (unpaired) electrons. The minimum atomic E-state index is -0.233. The van der Waals surface area contributed by atoms with Crippen LogP contribution >= 0.6 is 23.7 Å². The number of benzene rings is 2. The maximum atomic E-state index is 13.6. The van der Waals surface area contributed by atoms with Gasteiger partial charge >= 0.3 is 0 Å². The van der Waals surface area contributed by atoms with E-state index >= 15 is 0 Å². The van der Waals surface area contributed by atoms with Crippen LogP contribution in [-0.4, -0.2) is 66.9 Å². The van der Waals surface area contributed by atoms with E-state index in [-0.39, 0.29) is 24.0 Å². The van der Waals surface area contributed by atoms with Gasteiger partial charge in [0, 0.05) is 37.8 Å². The van der Waals surface area contributed by atoms with Crippen LogP contribution in [0, 0.1) is 0 Å². The largest absolute Gasteiger partial charge is 0.494 e. The van der Waals surface area contributed by atoms with Crippen LogP contribution in [0.25, 0.3) is 21.5 Å². The highest BCUT2D eigenvalue weighted by atomic mass is 35.5. The molecule has 1 saturated heterocycles. The van der Waals surface area contributed by atoms with Crippen LogP contribution in [0.1, 0.15) is 17.4 Å². The number of morpholine rings is 1. The van der Waals surface area contributed by atoms with Crippen molar-refractivity contribution in [1.82, 2.24) is 15.0 Å². The summed E-state index contributed by atoms with van der Waals surface area (Å²) in [4.78, 5) is 22.4. The number of anilines is 1. The van der Waals surface area contributed by atoms with E-state index in [1.807, 2.05) is 55.5 Å². The summed E-state index contributed by atoms with van der Waals surface area (Å²) in [6.07, 6.45) is 0. The Morgan fingerprint density at radius 2 is 1.94 bits per heavy atom. The normalized spacial score (nSPS) is 14.0. The summed E-state index contributed by atoms with van der Waals surface area (Å²) in [7, 11) is 0. The maximum Gasteiger partial charge on any atom is 0.282 e. The zero-order valence-electron chi connectivity index (χ0n) is 19.4. The van der Waals surface area contributed by atoms with Crippen molar-refractivity contribution in [2.24, 2.45) is 0 Å². The van der Waals surface area contributed by atoms with Crippen LogP contribution in [0.5, 0.6) is 5.75 Å². The summed E-state index contributed by atoms with van der Waals surface area (Å²) >= 11 is 1.47. The number of aromatic nitrogens is 2. The van der Waals surface area contributed by atoms with E-state index < -0.39 is 0 Å². The quantitative estimate of drug-likeness (QED) is 0.335. The van der Waals surface area contributed by atoms with Gasteiger partial charge in [-0.2, -0.15) is 0 Å². The minimum absolute atomic E-state index is 0. The van der Waals surface area contributed by atoms with Crippen molar-refractivity contribution in [2.75, 3.05) is 50.9 Å². The Labute approximate surface area is 213 Å². The molecule has 3 heterocycles. The second kappa shape index (κ2) is 11.6. The summed E-state index contributed by atoms with van der Waals surface area (Å²) < 4.78 is 17.6. The molecule has 5 rings (SSSR count). The molecule has 184 valence electrons. The van der Waals surface area contributed by atoms with Gasteiger partial charge in [0.15, 0.2) is 16.6 Å². The lowest BCUT2D eigenvalue weighted by Gasteiger charge is -2.28. The Morgan fingerprint density at radius 3 is 2.71 bits per heavy atom. The fourth-order valence-electron chi connectivity index (χ4n) is 3.87. The molecule has 0 N–H and O–H groups in total. The second-order valence-corrected chi connectivity index (χ2v) is 8.92. The highest BCUT2D eigenvalue weighted by Gasteiger charge is 2.26. The topological polar surface area (TPSA) is 80.9 Å². The first-order valence-corrected chi connectivity index (χ1v) is 12.2.